The van der Waals surface area contributed by atoms with E-state index in [1.165, 1.54) is 5.56 Å². The van der Waals surface area contributed by atoms with Crippen LogP contribution in [-0.4, -0.2) is 53.5 Å². The molecular weight excluding hydrogens is 494 g/mol. The highest BCUT2D eigenvalue weighted by Crippen LogP contribution is 2.16. The zero-order valence-corrected chi connectivity index (χ0v) is 19.8. The minimum Gasteiger partial charge on any atom is -0.466 e. The maximum Gasteiger partial charge on any atom is 0.308 e. The van der Waals surface area contributed by atoms with E-state index in [9.17, 15) is 14.4 Å². The van der Waals surface area contributed by atoms with Crippen LogP contribution >= 0.6 is 28.1 Å². The van der Waals surface area contributed by atoms with Crippen LogP contribution in [0.1, 0.15) is 28.8 Å². The highest BCUT2D eigenvalue weighted by atomic mass is 79.9. The third-order valence-corrected chi connectivity index (χ3v) is 6.03. The molecule has 0 aliphatic carbocycles. The number of aryl methyl sites for hydroxylation is 1. The topological polar surface area (TPSA) is 87.7 Å². The predicted octanol–water partition coefficient (Wildman–Crippen LogP) is 2.83. The van der Waals surface area contributed by atoms with Crippen LogP contribution in [0.4, 0.5) is 0 Å². The van der Waals surface area contributed by atoms with Gasteiger partial charge in [-0.25, -0.2) is 0 Å². The Hall–Kier alpha value is -2.78. The summed E-state index contributed by atoms with van der Waals surface area (Å²) in [7, 11) is 0. The van der Waals surface area contributed by atoms with Crippen LogP contribution in [0, 0.1) is 0 Å². The fourth-order valence-electron chi connectivity index (χ4n) is 3.37. The molecule has 1 aliphatic rings. The molecule has 2 aromatic rings. The van der Waals surface area contributed by atoms with Crippen LogP contribution in [0.5, 0.6) is 0 Å². The molecule has 0 aromatic heterocycles. The number of nitrogens with zero attached hydrogens (tertiary/aromatic N) is 1. The molecular formula is C23H24BrN3O4S. The van der Waals surface area contributed by atoms with Crippen molar-refractivity contribution >= 4 is 51.0 Å². The first-order valence-corrected chi connectivity index (χ1v) is 11.5. The summed E-state index contributed by atoms with van der Waals surface area (Å²) in [6, 6.07) is 16.1. The van der Waals surface area contributed by atoms with Crippen molar-refractivity contribution < 1.29 is 19.1 Å². The molecule has 1 aliphatic heterocycles. The number of benzene rings is 2. The van der Waals surface area contributed by atoms with Gasteiger partial charge in [0.15, 0.2) is 5.11 Å². The second-order valence-electron chi connectivity index (χ2n) is 7.25. The lowest BCUT2D eigenvalue weighted by molar-refractivity contribution is -0.147. The fourth-order valence-corrected chi connectivity index (χ4v) is 4.14. The first-order valence-electron chi connectivity index (χ1n) is 10.3. The summed E-state index contributed by atoms with van der Waals surface area (Å²) in [5.41, 5.74) is 1.60. The number of amides is 2. The number of nitrogens with one attached hydrogen (secondary N) is 2. The lowest BCUT2D eigenvalue weighted by Gasteiger charge is -2.36. The van der Waals surface area contributed by atoms with E-state index in [-0.39, 0.29) is 24.0 Å². The Labute approximate surface area is 200 Å². The van der Waals surface area contributed by atoms with Crippen molar-refractivity contribution in [1.82, 2.24) is 15.5 Å². The zero-order valence-electron chi connectivity index (χ0n) is 17.4. The molecule has 0 spiro atoms. The van der Waals surface area contributed by atoms with E-state index in [0.29, 0.717) is 29.5 Å². The van der Waals surface area contributed by atoms with E-state index in [4.69, 9.17) is 17.0 Å². The average Bonchev–Trinajstić information content (AvgIpc) is 2.79. The van der Waals surface area contributed by atoms with E-state index in [0.717, 1.165) is 6.42 Å². The summed E-state index contributed by atoms with van der Waals surface area (Å²) in [5.74, 6) is -1.20. The molecule has 1 saturated heterocycles. The molecule has 3 rings (SSSR count). The number of hydrogen-bond donors (Lipinski definition) is 2. The molecule has 2 N–H and O–H groups in total. The number of thiocarbonyl (C=S) groups is 1. The summed E-state index contributed by atoms with van der Waals surface area (Å²) < 4.78 is 5.96. The maximum absolute atomic E-state index is 12.6. The smallest absolute Gasteiger partial charge is 0.308 e. The first kappa shape index (κ1) is 23.9. The van der Waals surface area contributed by atoms with Crippen LogP contribution in [0.3, 0.4) is 0 Å². The van der Waals surface area contributed by atoms with Crippen molar-refractivity contribution in [3.63, 3.8) is 0 Å². The van der Waals surface area contributed by atoms with Gasteiger partial charge in [0, 0.05) is 17.6 Å². The molecule has 168 valence electrons. The second-order valence-corrected chi connectivity index (χ2v) is 8.49. The third-order valence-electron chi connectivity index (χ3n) is 5.01. The molecule has 1 heterocycles. The molecule has 7 nitrogen and oxygen atoms in total. The van der Waals surface area contributed by atoms with Gasteiger partial charge in [-0.3, -0.25) is 19.7 Å². The van der Waals surface area contributed by atoms with E-state index in [1.807, 2.05) is 30.3 Å². The second kappa shape index (κ2) is 11.7. The molecule has 1 atom stereocenters. The average molecular weight is 518 g/mol. The molecule has 0 bridgehead atoms. The molecule has 2 amide bonds. The van der Waals surface area contributed by atoms with Crippen molar-refractivity contribution in [2.24, 2.45) is 0 Å². The normalized spacial score (nSPS) is 15.6. The number of halogens is 1. The van der Waals surface area contributed by atoms with Gasteiger partial charge in [-0.1, -0.05) is 42.5 Å². The molecule has 9 heteroatoms. The van der Waals surface area contributed by atoms with Crippen molar-refractivity contribution in [3.8, 4) is 0 Å². The van der Waals surface area contributed by atoms with Gasteiger partial charge in [0.05, 0.1) is 18.6 Å². The van der Waals surface area contributed by atoms with Crippen molar-refractivity contribution in [2.45, 2.75) is 25.3 Å². The van der Waals surface area contributed by atoms with Crippen LogP contribution in [-0.2, 0) is 20.7 Å². The van der Waals surface area contributed by atoms with Gasteiger partial charge in [-0.15, -0.1) is 0 Å². The number of rotatable bonds is 7. The Bertz CT molecular complexity index is 986. The minimum absolute atomic E-state index is 0.0995. The third kappa shape index (κ3) is 6.61. The number of ether oxygens (including phenoxy) is 1. The van der Waals surface area contributed by atoms with Crippen LogP contribution in [0.25, 0.3) is 0 Å². The number of esters is 1. The van der Waals surface area contributed by atoms with Gasteiger partial charge >= 0.3 is 5.97 Å². The molecule has 1 fully saturated rings. The minimum atomic E-state index is -0.836. The monoisotopic (exact) mass is 517 g/mol. The molecule has 0 radical (unpaired) electrons. The van der Waals surface area contributed by atoms with E-state index in [1.54, 1.807) is 29.2 Å². The van der Waals surface area contributed by atoms with Crippen molar-refractivity contribution in [1.29, 1.82) is 0 Å². The quantitative estimate of drug-likeness (QED) is 0.333. The Morgan fingerprint density at radius 3 is 2.62 bits per heavy atom. The Morgan fingerprint density at radius 2 is 1.88 bits per heavy atom. The number of piperazine rings is 1. The highest BCUT2D eigenvalue weighted by molar-refractivity contribution is 9.10. The molecule has 1 unspecified atom stereocenters. The van der Waals surface area contributed by atoms with Crippen molar-refractivity contribution in [2.75, 3.05) is 19.7 Å². The van der Waals surface area contributed by atoms with E-state index >= 15 is 0 Å². The van der Waals surface area contributed by atoms with Gasteiger partial charge in [0.25, 0.3) is 5.91 Å². The lowest BCUT2D eigenvalue weighted by Crippen LogP contribution is -2.60. The van der Waals surface area contributed by atoms with Gasteiger partial charge in [-0.2, -0.15) is 0 Å². The Balaban J connectivity index is 1.53. The molecule has 32 heavy (non-hydrogen) atoms. The number of carbonyl (C=O) groups excluding carboxylic acids is 3. The number of hydrogen-bond acceptors (Lipinski definition) is 5. The summed E-state index contributed by atoms with van der Waals surface area (Å²) in [5, 5.41) is 5.49. The Morgan fingerprint density at radius 1 is 1.16 bits per heavy atom. The SMILES string of the molecule is O=C(CC1C(=O)NCCN1C(=S)NC(=O)c1ccccc1Br)OCCCc1ccccc1. The van der Waals surface area contributed by atoms with E-state index in [2.05, 4.69) is 26.6 Å². The fraction of sp³-hybridized carbons (Fsp3) is 0.304. The van der Waals surface area contributed by atoms with Crippen LogP contribution in [0.2, 0.25) is 0 Å². The van der Waals surface area contributed by atoms with Gasteiger partial charge < -0.3 is 15.0 Å². The Kier molecular flexibility index (Phi) is 8.75. The summed E-state index contributed by atoms with van der Waals surface area (Å²) in [4.78, 5) is 38.9. The summed E-state index contributed by atoms with van der Waals surface area (Å²) in [6.45, 7) is 1.02. The summed E-state index contributed by atoms with van der Waals surface area (Å²) in [6.07, 6.45) is 1.34. The number of carbonyl (C=O) groups is 3. The lowest BCUT2D eigenvalue weighted by atomic mass is 10.1. The maximum atomic E-state index is 12.6. The van der Waals surface area contributed by atoms with Gasteiger partial charge in [-0.05, 0) is 58.7 Å². The van der Waals surface area contributed by atoms with Crippen molar-refractivity contribution in [3.05, 3.63) is 70.2 Å². The largest absolute Gasteiger partial charge is 0.466 e. The van der Waals surface area contributed by atoms with Crippen LogP contribution in [0.15, 0.2) is 59.1 Å². The van der Waals surface area contributed by atoms with Crippen LogP contribution < -0.4 is 10.6 Å². The standard InChI is InChI=1S/C23H24BrN3O4S/c24-18-11-5-4-10-17(18)21(29)26-23(32)27-13-12-25-22(30)19(27)15-20(28)31-14-6-9-16-7-2-1-3-8-16/h1-5,7-8,10-11,19H,6,9,12-15H2,(H,25,30)(H,26,29,32). The van der Waals surface area contributed by atoms with Gasteiger partial charge in [0.2, 0.25) is 5.91 Å². The summed E-state index contributed by atoms with van der Waals surface area (Å²) >= 11 is 8.72. The molecule has 2 aromatic carbocycles. The molecule has 0 saturated carbocycles. The zero-order chi connectivity index (χ0) is 22.9. The van der Waals surface area contributed by atoms with Gasteiger partial charge in [0.1, 0.15) is 6.04 Å². The first-order chi connectivity index (χ1) is 15.5. The highest BCUT2D eigenvalue weighted by Gasteiger charge is 2.34. The van der Waals surface area contributed by atoms with E-state index < -0.39 is 17.9 Å². The predicted molar refractivity (Wildman–Crippen MR) is 128 cm³/mol.